The van der Waals surface area contributed by atoms with Gasteiger partial charge in [-0.2, -0.15) is 0 Å². The number of esters is 1. The van der Waals surface area contributed by atoms with Crippen LogP contribution in [0, 0.1) is 5.92 Å². The molecule has 2 heterocycles. The number of ether oxygens (including phenoxy) is 2. The van der Waals surface area contributed by atoms with Crippen molar-refractivity contribution in [3.8, 4) is 0 Å². The van der Waals surface area contributed by atoms with Crippen LogP contribution >= 0.6 is 11.3 Å². The molecule has 0 atom stereocenters. The van der Waals surface area contributed by atoms with Gasteiger partial charge in [-0.15, -0.1) is 11.3 Å². The van der Waals surface area contributed by atoms with Gasteiger partial charge in [0.05, 0.1) is 6.61 Å². The van der Waals surface area contributed by atoms with Gasteiger partial charge in [-0.1, -0.05) is 0 Å². The van der Waals surface area contributed by atoms with E-state index in [4.69, 9.17) is 9.47 Å². The number of hydrogen-bond acceptors (Lipinski definition) is 6. The lowest BCUT2D eigenvalue weighted by atomic mass is 9.98. The van der Waals surface area contributed by atoms with Gasteiger partial charge in [0.15, 0.2) is 0 Å². The molecule has 1 saturated heterocycles. The molecule has 1 aliphatic heterocycles. The van der Waals surface area contributed by atoms with Crippen molar-refractivity contribution in [1.29, 1.82) is 0 Å². The molecule has 1 aromatic rings. The molecule has 0 radical (unpaired) electrons. The molecule has 1 aliphatic rings. The fourth-order valence-electron chi connectivity index (χ4n) is 2.36. The molecule has 0 N–H and O–H groups in total. The highest BCUT2D eigenvalue weighted by molar-refractivity contribution is 7.11. The van der Waals surface area contributed by atoms with Crippen LogP contribution in [0.15, 0.2) is 5.38 Å². The van der Waals surface area contributed by atoms with E-state index >= 15 is 0 Å². The Labute approximate surface area is 128 Å². The van der Waals surface area contributed by atoms with Crippen molar-refractivity contribution in [2.45, 2.75) is 19.8 Å². The molecular formula is C14H20N2O4S. The van der Waals surface area contributed by atoms with Crippen molar-refractivity contribution in [2.24, 2.45) is 5.92 Å². The van der Waals surface area contributed by atoms with Crippen LogP contribution in [0.4, 0.5) is 0 Å². The third kappa shape index (κ3) is 4.01. The van der Waals surface area contributed by atoms with E-state index in [1.165, 1.54) is 0 Å². The van der Waals surface area contributed by atoms with Crippen LogP contribution in [0.1, 0.15) is 40.1 Å². The van der Waals surface area contributed by atoms with E-state index in [0.29, 0.717) is 31.3 Å². The highest BCUT2D eigenvalue weighted by Gasteiger charge is 2.25. The summed E-state index contributed by atoms with van der Waals surface area (Å²) in [6, 6.07) is 0. The monoisotopic (exact) mass is 312 g/mol. The van der Waals surface area contributed by atoms with Crippen molar-refractivity contribution in [1.82, 2.24) is 9.88 Å². The summed E-state index contributed by atoms with van der Waals surface area (Å²) >= 11 is 1.15. The van der Waals surface area contributed by atoms with E-state index in [9.17, 15) is 9.59 Å². The topological polar surface area (TPSA) is 68.7 Å². The van der Waals surface area contributed by atoms with Crippen LogP contribution in [0.25, 0.3) is 0 Å². The standard InChI is InChI=1S/C14H20N2O4S/c1-3-20-14(18)12-15-11(9-21-12)13(17)16-6-4-10(5-7-16)8-19-2/h9-10H,3-8H2,1-2H3. The molecule has 0 unspecified atom stereocenters. The molecule has 1 aromatic heterocycles. The molecule has 2 rings (SSSR count). The summed E-state index contributed by atoms with van der Waals surface area (Å²) in [5.74, 6) is -0.0670. The number of amides is 1. The molecule has 21 heavy (non-hydrogen) atoms. The first kappa shape index (κ1) is 15.9. The Morgan fingerprint density at radius 2 is 2.14 bits per heavy atom. The molecule has 0 bridgehead atoms. The van der Waals surface area contributed by atoms with Gasteiger partial charge in [0.1, 0.15) is 5.69 Å². The molecule has 0 aliphatic carbocycles. The van der Waals surface area contributed by atoms with E-state index in [-0.39, 0.29) is 10.9 Å². The average molecular weight is 312 g/mol. The molecule has 1 fully saturated rings. The van der Waals surface area contributed by atoms with Gasteiger partial charge >= 0.3 is 5.97 Å². The average Bonchev–Trinajstić information content (AvgIpc) is 2.98. The second kappa shape index (κ2) is 7.51. The lowest BCUT2D eigenvalue weighted by molar-refractivity contribution is 0.0525. The predicted molar refractivity (Wildman–Crippen MR) is 78.6 cm³/mol. The van der Waals surface area contributed by atoms with Crippen LogP contribution < -0.4 is 0 Å². The lowest BCUT2D eigenvalue weighted by Gasteiger charge is -2.31. The number of carbonyl (C=O) groups is 2. The highest BCUT2D eigenvalue weighted by atomic mass is 32.1. The number of rotatable bonds is 5. The third-order valence-corrected chi connectivity index (χ3v) is 4.30. The van der Waals surface area contributed by atoms with Crippen molar-refractivity contribution >= 4 is 23.2 Å². The fraction of sp³-hybridized carbons (Fsp3) is 0.643. The molecular weight excluding hydrogens is 292 g/mol. The molecule has 7 heteroatoms. The maximum absolute atomic E-state index is 12.3. The summed E-state index contributed by atoms with van der Waals surface area (Å²) in [5, 5.41) is 1.85. The lowest BCUT2D eigenvalue weighted by Crippen LogP contribution is -2.39. The Morgan fingerprint density at radius 3 is 2.76 bits per heavy atom. The van der Waals surface area contributed by atoms with Crippen LogP contribution in [0.3, 0.4) is 0 Å². The summed E-state index contributed by atoms with van der Waals surface area (Å²) < 4.78 is 10.0. The Morgan fingerprint density at radius 1 is 1.43 bits per heavy atom. The quantitative estimate of drug-likeness (QED) is 0.776. The zero-order chi connectivity index (χ0) is 15.2. The second-order valence-corrected chi connectivity index (χ2v) is 5.81. The van der Waals surface area contributed by atoms with Gasteiger partial charge in [-0.05, 0) is 25.7 Å². The number of piperidine rings is 1. The van der Waals surface area contributed by atoms with E-state index < -0.39 is 5.97 Å². The molecule has 1 amide bonds. The number of thiazole rings is 1. The maximum atomic E-state index is 12.3. The molecule has 6 nitrogen and oxygen atoms in total. The first-order valence-electron chi connectivity index (χ1n) is 7.06. The van der Waals surface area contributed by atoms with E-state index in [1.807, 2.05) is 0 Å². The number of aromatic nitrogens is 1. The molecule has 0 saturated carbocycles. The van der Waals surface area contributed by atoms with E-state index in [2.05, 4.69) is 4.98 Å². The number of likely N-dealkylation sites (tertiary alicyclic amines) is 1. The smallest absolute Gasteiger partial charge is 0.367 e. The van der Waals surface area contributed by atoms with Crippen molar-refractivity contribution in [2.75, 3.05) is 33.4 Å². The normalized spacial score (nSPS) is 16.0. The third-order valence-electron chi connectivity index (χ3n) is 3.48. The van der Waals surface area contributed by atoms with Crippen molar-refractivity contribution < 1.29 is 19.1 Å². The minimum atomic E-state index is -0.472. The maximum Gasteiger partial charge on any atom is 0.367 e. The number of hydrogen-bond donors (Lipinski definition) is 0. The van der Waals surface area contributed by atoms with Crippen LogP contribution in [0.2, 0.25) is 0 Å². The fourth-order valence-corrected chi connectivity index (χ4v) is 3.04. The van der Waals surface area contributed by atoms with Crippen LogP contribution in [-0.4, -0.2) is 55.2 Å². The van der Waals surface area contributed by atoms with Gasteiger partial charge in [-0.25, -0.2) is 9.78 Å². The SMILES string of the molecule is CCOC(=O)c1nc(C(=O)N2CCC(COC)CC2)cs1. The second-order valence-electron chi connectivity index (χ2n) is 4.95. The Kier molecular flexibility index (Phi) is 5.69. The summed E-state index contributed by atoms with van der Waals surface area (Å²) in [7, 11) is 1.70. The first-order chi connectivity index (χ1) is 10.2. The first-order valence-corrected chi connectivity index (χ1v) is 7.94. The minimum absolute atomic E-state index is 0.113. The summed E-state index contributed by atoms with van der Waals surface area (Å²) in [4.78, 5) is 29.8. The Hall–Kier alpha value is -1.47. The van der Waals surface area contributed by atoms with Gasteiger partial charge < -0.3 is 14.4 Å². The number of nitrogens with zero attached hydrogens (tertiary/aromatic N) is 2. The van der Waals surface area contributed by atoms with Crippen LogP contribution in [0.5, 0.6) is 0 Å². The number of methoxy groups -OCH3 is 1. The van der Waals surface area contributed by atoms with E-state index in [1.54, 1.807) is 24.3 Å². The molecule has 0 spiro atoms. The van der Waals surface area contributed by atoms with Gasteiger partial charge in [0.25, 0.3) is 5.91 Å². The Balaban J connectivity index is 1.93. The van der Waals surface area contributed by atoms with Crippen molar-refractivity contribution in [3.63, 3.8) is 0 Å². The van der Waals surface area contributed by atoms with Gasteiger partial charge in [0.2, 0.25) is 5.01 Å². The van der Waals surface area contributed by atoms with Gasteiger partial charge in [-0.3, -0.25) is 4.79 Å². The van der Waals surface area contributed by atoms with Gasteiger partial charge in [0, 0.05) is 32.2 Å². The Bertz CT molecular complexity index is 495. The summed E-state index contributed by atoms with van der Waals surface area (Å²) in [6.07, 6.45) is 1.88. The molecule has 0 aromatic carbocycles. The number of carbonyl (C=O) groups excluding carboxylic acids is 2. The predicted octanol–water partition coefficient (Wildman–Crippen LogP) is 1.82. The molecule has 116 valence electrons. The summed E-state index contributed by atoms with van der Waals surface area (Å²) in [6.45, 7) is 4.19. The highest BCUT2D eigenvalue weighted by Crippen LogP contribution is 2.20. The van der Waals surface area contributed by atoms with Crippen molar-refractivity contribution in [3.05, 3.63) is 16.1 Å². The minimum Gasteiger partial charge on any atom is -0.461 e. The largest absolute Gasteiger partial charge is 0.461 e. The zero-order valence-electron chi connectivity index (χ0n) is 12.3. The zero-order valence-corrected chi connectivity index (χ0v) is 13.1. The van der Waals surface area contributed by atoms with E-state index in [0.717, 1.165) is 30.8 Å². The summed E-state index contributed by atoms with van der Waals surface area (Å²) in [5.41, 5.74) is 0.327. The van der Waals surface area contributed by atoms with Crippen LogP contribution in [-0.2, 0) is 9.47 Å².